The van der Waals surface area contributed by atoms with Gasteiger partial charge in [-0.25, -0.2) is 38.6 Å². The van der Waals surface area contributed by atoms with Gasteiger partial charge in [0.05, 0.1) is 0 Å². The SMILES string of the molecule is CNC(=O)/N=C1/C(SSC2/C(=N/C(=O)NC)N(C)C(=O)N2C(=O)NC)N(C(=O)NC)C(=O)N1C. The Morgan fingerprint density at radius 3 is 1.26 bits per heavy atom. The highest BCUT2D eigenvalue weighted by atomic mass is 33.1. The number of amidine groups is 2. The zero-order chi connectivity index (χ0) is 25.7. The minimum Gasteiger partial charge on any atom is -0.341 e. The summed E-state index contributed by atoms with van der Waals surface area (Å²) in [4.78, 5) is 85.5. The molecule has 2 unspecified atom stereocenters. The second kappa shape index (κ2) is 11.1. The highest BCUT2D eigenvalue weighted by molar-refractivity contribution is 8.77. The van der Waals surface area contributed by atoms with E-state index in [0.717, 1.165) is 41.2 Å². The molecule has 2 aliphatic heterocycles. The first-order valence-electron chi connectivity index (χ1n) is 9.53. The van der Waals surface area contributed by atoms with Gasteiger partial charge in [0.15, 0.2) is 22.4 Å². The lowest BCUT2D eigenvalue weighted by atomic mass is 10.5. The van der Waals surface area contributed by atoms with Crippen LogP contribution in [0.1, 0.15) is 0 Å². The second-order valence-electron chi connectivity index (χ2n) is 6.48. The number of aliphatic imine (C=N–C) groups is 2. The molecule has 2 heterocycles. The van der Waals surface area contributed by atoms with Crippen LogP contribution in [0.2, 0.25) is 0 Å². The molecule has 2 fully saturated rings. The number of nitrogens with zero attached hydrogens (tertiary/aromatic N) is 6. The molecule has 4 N–H and O–H groups in total. The molecular formula is C16H24N10O6S2. The van der Waals surface area contributed by atoms with E-state index in [-0.39, 0.29) is 11.7 Å². The summed E-state index contributed by atoms with van der Waals surface area (Å²) in [6.45, 7) is 0. The first-order valence-corrected chi connectivity index (χ1v) is 11.8. The fourth-order valence-electron chi connectivity index (χ4n) is 2.77. The van der Waals surface area contributed by atoms with Gasteiger partial charge in [0.2, 0.25) is 0 Å². The molecule has 2 rings (SSSR count). The molecule has 0 aromatic heterocycles. The average molecular weight is 517 g/mol. The van der Waals surface area contributed by atoms with Crippen LogP contribution in [0.5, 0.6) is 0 Å². The minimum atomic E-state index is -1.12. The summed E-state index contributed by atoms with van der Waals surface area (Å²) in [6.07, 6.45) is 0. The standard InChI is InChI=1S/C16H24N10O6S2/c1-17-11(27)21-7-9(25(13(29)19-3)15(31)23(7)5)33-34-10-8(22-12(28)18-2)24(6)16(32)26(10)14(30)20-4/h9-10H,1-6H3,(H,17,27)(H,18,28)(H,19,29)(H,20,30)/b21-7-,22-8-. The summed E-state index contributed by atoms with van der Waals surface area (Å²) in [7, 11) is 9.76. The summed E-state index contributed by atoms with van der Waals surface area (Å²) in [5.74, 6) is -0.112. The van der Waals surface area contributed by atoms with E-state index < -0.39 is 46.9 Å². The third-order valence-electron chi connectivity index (χ3n) is 4.55. The van der Waals surface area contributed by atoms with E-state index in [2.05, 4.69) is 31.3 Å². The molecule has 2 saturated heterocycles. The quantitative estimate of drug-likeness (QED) is 0.374. The number of imide groups is 2. The summed E-state index contributed by atoms with van der Waals surface area (Å²) in [5, 5.41) is 7.06. The molecule has 2 atom stereocenters. The number of carbonyl (C=O) groups excluding carboxylic acids is 6. The van der Waals surface area contributed by atoms with Crippen molar-refractivity contribution in [2.45, 2.75) is 10.7 Å². The lowest BCUT2D eigenvalue weighted by Gasteiger charge is -2.23. The van der Waals surface area contributed by atoms with E-state index in [1.165, 1.54) is 42.3 Å². The van der Waals surface area contributed by atoms with Gasteiger partial charge in [-0.05, 0) is 0 Å². The first-order chi connectivity index (χ1) is 16.0. The van der Waals surface area contributed by atoms with Crippen molar-refractivity contribution in [2.24, 2.45) is 9.98 Å². The van der Waals surface area contributed by atoms with Crippen LogP contribution in [-0.2, 0) is 0 Å². The van der Waals surface area contributed by atoms with Crippen molar-refractivity contribution < 1.29 is 28.8 Å². The van der Waals surface area contributed by atoms with Gasteiger partial charge < -0.3 is 21.3 Å². The molecule has 0 spiro atoms. The maximum absolute atomic E-state index is 12.7. The van der Waals surface area contributed by atoms with E-state index >= 15 is 0 Å². The molecule has 12 amide bonds. The van der Waals surface area contributed by atoms with Crippen molar-refractivity contribution >= 4 is 69.4 Å². The maximum atomic E-state index is 12.7. The Morgan fingerprint density at radius 2 is 1.00 bits per heavy atom. The number of hydrogen-bond acceptors (Lipinski definition) is 8. The van der Waals surface area contributed by atoms with Gasteiger partial charge in [-0.1, -0.05) is 21.6 Å². The van der Waals surface area contributed by atoms with Gasteiger partial charge in [-0.3, -0.25) is 9.80 Å². The number of carbonyl (C=O) groups is 6. The van der Waals surface area contributed by atoms with Crippen LogP contribution in [0, 0.1) is 0 Å². The van der Waals surface area contributed by atoms with Crippen LogP contribution in [0.15, 0.2) is 9.98 Å². The number of hydrogen-bond donors (Lipinski definition) is 4. The molecule has 0 aromatic carbocycles. The Labute approximate surface area is 202 Å². The molecule has 0 saturated carbocycles. The molecule has 0 bridgehead atoms. The smallest absolute Gasteiger partial charge is 0.341 e. The van der Waals surface area contributed by atoms with Crippen molar-refractivity contribution in [1.82, 2.24) is 40.9 Å². The number of urea groups is 6. The zero-order valence-electron chi connectivity index (χ0n) is 19.1. The van der Waals surface area contributed by atoms with E-state index in [1.54, 1.807) is 0 Å². The minimum absolute atomic E-state index is 0.0561. The monoisotopic (exact) mass is 516 g/mol. The van der Waals surface area contributed by atoms with Gasteiger partial charge in [-0.2, -0.15) is 9.98 Å². The lowest BCUT2D eigenvalue weighted by Crippen LogP contribution is -2.45. The summed E-state index contributed by atoms with van der Waals surface area (Å²) in [6, 6.07) is -4.54. The van der Waals surface area contributed by atoms with Gasteiger partial charge in [-0.15, -0.1) is 0 Å². The fraction of sp³-hybridized carbons (Fsp3) is 0.500. The molecule has 0 radical (unpaired) electrons. The molecule has 16 nitrogen and oxygen atoms in total. The second-order valence-corrected chi connectivity index (χ2v) is 8.91. The fourth-order valence-corrected chi connectivity index (χ4v) is 5.78. The molecular weight excluding hydrogens is 492 g/mol. The van der Waals surface area contributed by atoms with Crippen LogP contribution in [0.4, 0.5) is 28.8 Å². The number of rotatable bonds is 3. The van der Waals surface area contributed by atoms with E-state index in [1.807, 2.05) is 0 Å². The molecule has 0 aliphatic carbocycles. The first kappa shape index (κ1) is 26.7. The van der Waals surface area contributed by atoms with E-state index in [0.29, 0.717) is 0 Å². The Hall–Kier alpha value is -3.54. The molecule has 34 heavy (non-hydrogen) atoms. The number of amides is 12. The van der Waals surface area contributed by atoms with Gasteiger partial charge in [0.1, 0.15) is 0 Å². The average Bonchev–Trinajstić information content (AvgIpc) is 3.20. The molecule has 0 aromatic rings. The van der Waals surface area contributed by atoms with Crippen molar-refractivity contribution in [3.8, 4) is 0 Å². The Balaban J connectivity index is 2.49. The van der Waals surface area contributed by atoms with Crippen molar-refractivity contribution in [1.29, 1.82) is 0 Å². The van der Waals surface area contributed by atoms with E-state index in [9.17, 15) is 28.8 Å². The predicted octanol–water partition coefficient (Wildman–Crippen LogP) is -0.0906. The van der Waals surface area contributed by atoms with Crippen LogP contribution < -0.4 is 21.3 Å². The van der Waals surface area contributed by atoms with Crippen molar-refractivity contribution in [3.63, 3.8) is 0 Å². The number of likely N-dealkylation sites (N-methyl/N-ethyl adjacent to an activating group) is 2. The zero-order valence-corrected chi connectivity index (χ0v) is 20.7. The summed E-state index contributed by atoms with van der Waals surface area (Å²) >= 11 is 0. The Bertz CT molecular complexity index is 896. The highest BCUT2D eigenvalue weighted by Gasteiger charge is 2.50. The normalized spacial score (nSPS) is 22.5. The largest absolute Gasteiger partial charge is 0.342 e. The number of nitrogens with one attached hydrogen (secondary N) is 4. The van der Waals surface area contributed by atoms with E-state index in [4.69, 9.17) is 0 Å². The summed E-state index contributed by atoms with van der Waals surface area (Å²) in [5.41, 5.74) is 0. The molecule has 2 aliphatic rings. The highest BCUT2D eigenvalue weighted by Crippen LogP contribution is 2.41. The summed E-state index contributed by atoms with van der Waals surface area (Å²) < 4.78 is 0. The van der Waals surface area contributed by atoms with Gasteiger partial charge in [0.25, 0.3) is 0 Å². The third-order valence-corrected chi connectivity index (χ3v) is 7.29. The van der Waals surface area contributed by atoms with Crippen molar-refractivity contribution in [3.05, 3.63) is 0 Å². The Kier molecular flexibility index (Phi) is 8.68. The maximum Gasteiger partial charge on any atom is 0.342 e. The molecule has 186 valence electrons. The third kappa shape index (κ3) is 5.01. The van der Waals surface area contributed by atoms with Crippen LogP contribution >= 0.6 is 21.6 Å². The van der Waals surface area contributed by atoms with Crippen LogP contribution in [0.25, 0.3) is 0 Å². The molecule has 18 heteroatoms. The topological polar surface area (TPSA) is 188 Å². The van der Waals surface area contributed by atoms with Gasteiger partial charge in [0, 0.05) is 42.3 Å². The van der Waals surface area contributed by atoms with Crippen molar-refractivity contribution in [2.75, 3.05) is 42.3 Å². The lowest BCUT2D eigenvalue weighted by molar-refractivity contribution is 0.187. The van der Waals surface area contributed by atoms with Crippen LogP contribution in [0.3, 0.4) is 0 Å². The Morgan fingerprint density at radius 1 is 0.676 bits per heavy atom. The van der Waals surface area contributed by atoms with Gasteiger partial charge >= 0.3 is 36.2 Å². The predicted molar refractivity (Wildman–Crippen MR) is 125 cm³/mol. The van der Waals surface area contributed by atoms with Crippen LogP contribution in [-0.4, -0.2) is 120 Å².